The fraction of sp³-hybridized carbons (Fsp3) is 0.111. The molecular weight excluding hydrogens is 532 g/mol. The highest BCUT2D eigenvalue weighted by molar-refractivity contribution is 7.80. The standard InChI is InChI=1S/C27H24O9S2/c28-19-1-5-24(6-2-19)35-38(32)27-15-11-23(12-16-27)34-18-21(30)17-33-22-7-9-25(10-8-22)36-37(31)26-13-3-20(29)4-14-26/h1-16,21,28-30H,17-18H2. The van der Waals surface area contributed by atoms with Gasteiger partial charge in [-0.15, -0.1) is 0 Å². The lowest BCUT2D eigenvalue weighted by molar-refractivity contribution is 0.0626. The summed E-state index contributed by atoms with van der Waals surface area (Å²) < 4.78 is 46.5. The molecule has 0 amide bonds. The quantitative estimate of drug-likeness (QED) is 0.236. The Morgan fingerprint density at radius 1 is 0.526 bits per heavy atom. The fourth-order valence-corrected chi connectivity index (χ4v) is 4.48. The normalized spacial score (nSPS) is 13.2. The molecule has 9 nitrogen and oxygen atoms in total. The molecule has 0 fully saturated rings. The Bertz CT molecular complexity index is 1360. The van der Waals surface area contributed by atoms with Crippen molar-refractivity contribution in [1.29, 1.82) is 0 Å². The summed E-state index contributed by atoms with van der Waals surface area (Å²) in [4.78, 5) is 0.838. The van der Waals surface area contributed by atoms with Gasteiger partial charge in [0.15, 0.2) is 0 Å². The Morgan fingerprint density at radius 2 is 0.842 bits per heavy atom. The Labute approximate surface area is 224 Å². The molecule has 4 aromatic carbocycles. The van der Waals surface area contributed by atoms with E-state index in [9.17, 15) is 23.7 Å². The van der Waals surface area contributed by atoms with Crippen molar-refractivity contribution in [3.05, 3.63) is 97.1 Å². The van der Waals surface area contributed by atoms with Gasteiger partial charge in [0.25, 0.3) is 0 Å². The van der Waals surface area contributed by atoms with Crippen molar-refractivity contribution >= 4 is 22.2 Å². The highest BCUT2D eigenvalue weighted by Gasteiger charge is 2.11. The van der Waals surface area contributed by atoms with Crippen LogP contribution in [0.15, 0.2) is 107 Å². The van der Waals surface area contributed by atoms with E-state index in [-0.39, 0.29) is 24.7 Å². The number of benzene rings is 4. The summed E-state index contributed by atoms with van der Waals surface area (Å²) >= 11 is -3.48. The highest BCUT2D eigenvalue weighted by atomic mass is 32.2. The summed E-state index contributed by atoms with van der Waals surface area (Å²) in [5.74, 6) is 1.83. The lowest BCUT2D eigenvalue weighted by Gasteiger charge is -2.14. The number of aromatic hydroxyl groups is 2. The van der Waals surface area contributed by atoms with Gasteiger partial charge in [-0.2, -0.15) is 0 Å². The van der Waals surface area contributed by atoms with E-state index in [1.807, 2.05) is 0 Å². The monoisotopic (exact) mass is 556 g/mol. The number of phenols is 2. The molecule has 4 aromatic rings. The van der Waals surface area contributed by atoms with Gasteiger partial charge in [0, 0.05) is 0 Å². The maximum Gasteiger partial charge on any atom is 0.240 e. The number of hydrogen-bond donors (Lipinski definition) is 3. The molecule has 0 aromatic heterocycles. The van der Waals surface area contributed by atoms with E-state index in [1.54, 1.807) is 48.5 Å². The smallest absolute Gasteiger partial charge is 0.240 e. The summed E-state index contributed by atoms with van der Waals surface area (Å²) in [7, 11) is 0. The van der Waals surface area contributed by atoms with Crippen LogP contribution in [0, 0.1) is 0 Å². The van der Waals surface area contributed by atoms with E-state index >= 15 is 0 Å². The molecule has 0 saturated carbocycles. The summed E-state index contributed by atoms with van der Waals surface area (Å²) in [5, 5.41) is 28.8. The molecule has 0 heterocycles. The third kappa shape index (κ3) is 7.97. The number of aliphatic hydroxyl groups excluding tert-OH is 1. The first-order valence-corrected chi connectivity index (χ1v) is 13.4. The second-order valence-corrected chi connectivity index (χ2v) is 10.1. The Hall–Kier alpha value is -4.06. The van der Waals surface area contributed by atoms with Crippen molar-refractivity contribution in [1.82, 2.24) is 0 Å². The highest BCUT2D eigenvalue weighted by Crippen LogP contribution is 2.23. The average Bonchev–Trinajstić information content (AvgIpc) is 2.93. The average molecular weight is 557 g/mol. The van der Waals surface area contributed by atoms with Crippen molar-refractivity contribution < 1.29 is 41.6 Å². The van der Waals surface area contributed by atoms with E-state index in [1.165, 1.54) is 48.5 Å². The third-order valence-corrected chi connectivity index (χ3v) is 6.94. The molecule has 3 N–H and O–H groups in total. The van der Waals surface area contributed by atoms with Crippen LogP contribution in [0.25, 0.3) is 0 Å². The molecule has 4 rings (SSSR count). The topological polar surface area (TPSA) is 132 Å². The van der Waals surface area contributed by atoms with Gasteiger partial charge in [-0.05, 0) is 97.1 Å². The molecule has 0 bridgehead atoms. The molecule has 0 saturated heterocycles. The van der Waals surface area contributed by atoms with E-state index in [0.29, 0.717) is 32.8 Å². The van der Waals surface area contributed by atoms with Crippen molar-refractivity contribution in [3.8, 4) is 34.5 Å². The Morgan fingerprint density at radius 3 is 1.29 bits per heavy atom. The molecule has 11 heteroatoms. The van der Waals surface area contributed by atoms with Crippen LogP contribution in [0.2, 0.25) is 0 Å². The van der Waals surface area contributed by atoms with E-state index < -0.39 is 28.3 Å². The molecule has 3 atom stereocenters. The van der Waals surface area contributed by atoms with E-state index in [2.05, 4.69) is 0 Å². The van der Waals surface area contributed by atoms with Crippen molar-refractivity contribution in [2.24, 2.45) is 0 Å². The van der Waals surface area contributed by atoms with E-state index in [4.69, 9.17) is 17.8 Å². The van der Waals surface area contributed by atoms with Crippen LogP contribution in [-0.2, 0) is 22.2 Å². The van der Waals surface area contributed by atoms with Crippen molar-refractivity contribution in [2.45, 2.75) is 15.9 Å². The number of hydrogen-bond acceptors (Lipinski definition) is 9. The van der Waals surface area contributed by atoms with Gasteiger partial charge in [-0.3, -0.25) is 0 Å². The first-order chi connectivity index (χ1) is 18.4. The summed E-state index contributed by atoms with van der Waals surface area (Å²) in [6.45, 7) is -0.0541. The first kappa shape index (κ1) is 27.0. The molecule has 0 aliphatic rings. The second kappa shape index (κ2) is 13.0. The van der Waals surface area contributed by atoms with E-state index in [0.717, 1.165) is 0 Å². The van der Waals surface area contributed by atoms with Crippen molar-refractivity contribution in [3.63, 3.8) is 0 Å². The van der Waals surface area contributed by atoms with Crippen LogP contribution in [-0.4, -0.2) is 43.1 Å². The second-order valence-electron chi connectivity index (χ2n) is 7.84. The van der Waals surface area contributed by atoms with Crippen molar-refractivity contribution in [2.75, 3.05) is 13.2 Å². The fourth-order valence-electron chi connectivity index (χ4n) is 3.00. The lowest BCUT2D eigenvalue weighted by Crippen LogP contribution is -2.25. The molecular formula is C27H24O9S2. The maximum atomic E-state index is 12.3. The zero-order valence-corrected chi connectivity index (χ0v) is 21.5. The SMILES string of the molecule is O=S(Oc1ccc(OCC(O)COc2ccc(S(=O)Oc3ccc(O)cc3)cc2)cc1)c1ccc(O)cc1. The molecule has 0 spiro atoms. The molecule has 38 heavy (non-hydrogen) atoms. The van der Waals surface area contributed by atoms with Crippen LogP contribution in [0.3, 0.4) is 0 Å². The zero-order chi connectivity index (χ0) is 26.9. The lowest BCUT2D eigenvalue weighted by atomic mass is 10.3. The Balaban J connectivity index is 1.19. The van der Waals surface area contributed by atoms with Gasteiger partial charge in [-0.1, -0.05) is 0 Å². The van der Waals surface area contributed by atoms with Gasteiger partial charge in [0.1, 0.15) is 53.8 Å². The minimum atomic E-state index is -1.74. The minimum absolute atomic E-state index is 0.0256. The van der Waals surface area contributed by atoms with Gasteiger partial charge in [-0.25, -0.2) is 8.42 Å². The molecule has 3 unspecified atom stereocenters. The Kier molecular flexibility index (Phi) is 9.20. The van der Waals surface area contributed by atoms with Crippen LogP contribution in [0.4, 0.5) is 0 Å². The number of aliphatic hydroxyl groups is 1. The predicted octanol–water partition coefficient (Wildman–Crippen LogP) is 4.12. The molecule has 0 aliphatic carbocycles. The maximum absolute atomic E-state index is 12.3. The predicted molar refractivity (Wildman–Crippen MR) is 140 cm³/mol. The van der Waals surface area contributed by atoms with Gasteiger partial charge in [0.05, 0.1) is 9.79 Å². The van der Waals surface area contributed by atoms with Gasteiger partial charge in [0.2, 0.25) is 22.2 Å². The number of rotatable bonds is 12. The van der Waals surface area contributed by atoms with Crippen LogP contribution < -0.4 is 17.8 Å². The van der Waals surface area contributed by atoms with Crippen LogP contribution in [0.1, 0.15) is 0 Å². The molecule has 0 aliphatic heterocycles. The molecule has 198 valence electrons. The zero-order valence-electron chi connectivity index (χ0n) is 19.8. The molecule has 0 radical (unpaired) electrons. The van der Waals surface area contributed by atoms with Gasteiger partial charge >= 0.3 is 0 Å². The first-order valence-electron chi connectivity index (χ1n) is 11.3. The van der Waals surface area contributed by atoms with Crippen LogP contribution >= 0.6 is 0 Å². The van der Waals surface area contributed by atoms with Crippen LogP contribution in [0.5, 0.6) is 34.5 Å². The minimum Gasteiger partial charge on any atom is -0.508 e. The summed E-state index contributed by atoms with van der Waals surface area (Å²) in [5.41, 5.74) is 0. The van der Waals surface area contributed by atoms with Gasteiger partial charge < -0.3 is 33.2 Å². The third-order valence-electron chi connectivity index (χ3n) is 4.93. The largest absolute Gasteiger partial charge is 0.508 e. The summed E-state index contributed by atoms with van der Waals surface area (Å²) in [6.07, 6.45) is -0.917. The summed E-state index contributed by atoms with van der Waals surface area (Å²) in [6, 6.07) is 24.6. The number of phenolic OH excluding ortho intramolecular Hbond substituents is 2. The number of ether oxygens (including phenoxy) is 2.